The van der Waals surface area contributed by atoms with E-state index in [0.717, 1.165) is 12.8 Å². The Morgan fingerprint density at radius 1 is 1.40 bits per heavy atom. The lowest BCUT2D eigenvalue weighted by Crippen LogP contribution is -2.34. The van der Waals surface area contributed by atoms with Crippen LogP contribution in [0.3, 0.4) is 0 Å². The normalized spacial score (nSPS) is 12.1. The van der Waals surface area contributed by atoms with Gasteiger partial charge in [-0.2, -0.15) is 0 Å². The summed E-state index contributed by atoms with van der Waals surface area (Å²) in [6.07, 6.45) is 7.55. The van der Waals surface area contributed by atoms with Gasteiger partial charge < -0.3 is 14.6 Å². The Morgan fingerprint density at radius 2 is 2.15 bits per heavy atom. The SMILES string of the molecule is CCCC(CC(=O)N(CC)CCC(=O)O)n1ccnc1. The fourth-order valence-corrected chi connectivity index (χ4v) is 2.20. The van der Waals surface area contributed by atoms with Crippen LogP contribution in [0.1, 0.15) is 45.6 Å². The fourth-order valence-electron chi connectivity index (χ4n) is 2.20. The lowest BCUT2D eigenvalue weighted by atomic mass is 10.1. The van der Waals surface area contributed by atoms with Crippen LogP contribution in [0.5, 0.6) is 0 Å². The smallest absolute Gasteiger partial charge is 0.305 e. The number of carbonyl (C=O) groups is 2. The first-order valence-electron chi connectivity index (χ1n) is 7.05. The summed E-state index contributed by atoms with van der Waals surface area (Å²) in [6.45, 7) is 4.75. The van der Waals surface area contributed by atoms with Crippen molar-refractivity contribution in [3.63, 3.8) is 0 Å². The second-order valence-corrected chi connectivity index (χ2v) is 4.77. The second-order valence-electron chi connectivity index (χ2n) is 4.77. The first-order chi connectivity index (χ1) is 9.58. The first-order valence-corrected chi connectivity index (χ1v) is 7.05. The maximum absolute atomic E-state index is 12.3. The molecule has 20 heavy (non-hydrogen) atoms. The number of rotatable bonds is 9. The first kappa shape index (κ1) is 16.2. The van der Waals surface area contributed by atoms with Gasteiger partial charge in [-0.15, -0.1) is 0 Å². The molecule has 1 rings (SSSR count). The van der Waals surface area contributed by atoms with E-state index >= 15 is 0 Å². The Kier molecular flexibility index (Phi) is 6.76. The van der Waals surface area contributed by atoms with Gasteiger partial charge in [0.15, 0.2) is 0 Å². The molecule has 6 heteroatoms. The highest BCUT2D eigenvalue weighted by atomic mass is 16.4. The van der Waals surface area contributed by atoms with Gasteiger partial charge in [-0.05, 0) is 13.3 Å². The Balaban J connectivity index is 2.61. The van der Waals surface area contributed by atoms with Crippen molar-refractivity contribution in [1.29, 1.82) is 0 Å². The molecule has 0 bridgehead atoms. The molecule has 0 spiro atoms. The summed E-state index contributed by atoms with van der Waals surface area (Å²) in [5, 5.41) is 8.71. The number of nitrogens with zero attached hydrogens (tertiary/aromatic N) is 3. The zero-order chi connectivity index (χ0) is 15.0. The highest BCUT2D eigenvalue weighted by molar-refractivity contribution is 5.77. The van der Waals surface area contributed by atoms with Crippen molar-refractivity contribution < 1.29 is 14.7 Å². The molecule has 6 nitrogen and oxygen atoms in total. The molecule has 0 aliphatic heterocycles. The maximum atomic E-state index is 12.3. The lowest BCUT2D eigenvalue weighted by molar-refractivity contribution is -0.138. The predicted molar refractivity (Wildman–Crippen MR) is 75.3 cm³/mol. The summed E-state index contributed by atoms with van der Waals surface area (Å²) >= 11 is 0. The fraction of sp³-hybridized carbons (Fsp3) is 0.643. The minimum Gasteiger partial charge on any atom is -0.481 e. The van der Waals surface area contributed by atoms with Crippen molar-refractivity contribution in [2.24, 2.45) is 0 Å². The summed E-state index contributed by atoms with van der Waals surface area (Å²) < 4.78 is 1.95. The van der Waals surface area contributed by atoms with E-state index in [0.29, 0.717) is 13.0 Å². The van der Waals surface area contributed by atoms with Crippen LogP contribution in [-0.4, -0.2) is 44.5 Å². The maximum Gasteiger partial charge on any atom is 0.305 e. The quantitative estimate of drug-likeness (QED) is 0.750. The number of amides is 1. The third kappa shape index (κ3) is 5.03. The highest BCUT2D eigenvalue weighted by Gasteiger charge is 2.19. The van der Waals surface area contributed by atoms with Crippen molar-refractivity contribution in [1.82, 2.24) is 14.5 Å². The average molecular weight is 281 g/mol. The van der Waals surface area contributed by atoms with E-state index in [1.54, 1.807) is 17.4 Å². The molecule has 0 fully saturated rings. The Labute approximate surface area is 119 Å². The molecular formula is C14H23N3O3. The number of carboxylic acids is 1. The lowest BCUT2D eigenvalue weighted by Gasteiger charge is -2.24. The summed E-state index contributed by atoms with van der Waals surface area (Å²) in [4.78, 5) is 28.5. The van der Waals surface area contributed by atoms with E-state index in [4.69, 9.17) is 5.11 Å². The van der Waals surface area contributed by atoms with Crippen molar-refractivity contribution in [3.05, 3.63) is 18.7 Å². The molecular weight excluding hydrogens is 258 g/mol. The Bertz CT molecular complexity index is 417. The number of carbonyl (C=O) groups excluding carboxylic acids is 1. The van der Waals surface area contributed by atoms with Crippen LogP contribution in [-0.2, 0) is 9.59 Å². The van der Waals surface area contributed by atoms with E-state index in [2.05, 4.69) is 11.9 Å². The molecule has 0 aliphatic carbocycles. The van der Waals surface area contributed by atoms with Crippen molar-refractivity contribution in [3.8, 4) is 0 Å². The average Bonchev–Trinajstić information content (AvgIpc) is 2.92. The summed E-state index contributed by atoms with van der Waals surface area (Å²) in [5.41, 5.74) is 0. The van der Waals surface area contributed by atoms with Gasteiger partial charge >= 0.3 is 5.97 Å². The van der Waals surface area contributed by atoms with E-state index in [9.17, 15) is 9.59 Å². The van der Waals surface area contributed by atoms with E-state index in [1.165, 1.54) is 0 Å². The number of hydrogen-bond donors (Lipinski definition) is 1. The zero-order valence-electron chi connectivity index (χ0n) is 12.2. The molecule has 0 saturated heterocycles. The van der Waals surface area contributed by atoms with Gasteiger partial charge in [0.25, 0.3) is 0 Å². The number of carboxylic acid groups (broad SMARTS) is 1. The molecule has 1 N–H and O–H groups in total. The van der Waals surface area contributed by atoms with E-state index in [-0.39, 0.29) is 24.9 Å². The van der Waals surface area contributed by atoms with E-state index < -0.39 is 5.97 Å². The van der Waals surface area contributed by atoms with Crippen LogP contribution in [0, 0.1) is 0 Å². The summed E-state index contributed by atoms with van der Waals surface area (Å²) in [6, 6.07) is 0.0916. The molecule has 1 atom stereocenters. The third-order valence-corrected chi connectivity index (χ3v) is 3.31. The van der Waals surface area contributed by atoms with Gasteiger partial charge in [-0.25, -0.2) is 4.98 Å². The molecule has 1 heterocycles. The molecule has 1 aromatic rings. The Hall–Kier alpha value is -1.85. The van der Waals surface area contributed by atoms with Crippen LogP contribution >= 0.6 is 0 Å². The van der Waals surface area contributed by atoms with Crippen LogP contribution in [0.4, 0.5) is 0 Å². The van der Waals surface area contributed by atoms with Crippen LogP contribution in [0.2, 0.25) is 0 Å². The van der Waals surface area contributed by atoms with Gasteiger partial charge in [-0.1, -0.05) is 13.3 Å². The van der Waals surface area contributed by atoms with Crippen molar-refractivity contribution >= 4 is 11.9 Å². The molecule has 1 unspecified atom stereocenters. The van der Waals surface area contributed by atoms with E-state index in [1.807, 2.05) is 17.7 Å². The second kappa shape index (κ2) is 8.35. The largest absolute Gasteiger partial charge is 0.481 e. The van der Waals surface area contributed by atoms with Crippen molar-refractivity contribution in [2.75, 3.05) is 13.1 Å². The van der Waals surface area contributed by atoms with Crippen LogP contribution in [0.15, 0.2) is 18.7 Å². The van der Waals surface area contributed by atoms with Gasteiger partial charge in [0.1, 0.15) is 0 Å². The van der Waals surface area contributed by atoms with Crippen molar-refractivity contribution in [2.45, 2.75) is 45.6 Å². The zero-order valence-corrected chi connectivity index (χ0v) is 12.2. The minimum atomic E-state index is -0.879. The standard InChI is InChI=1S/C14H23N3O3/c1-3-5-12(17-9-7-15-11-17)10-13(18)16(4-2)8-6-14(19)20/h7,9,11-12H,3-6,8,10H2,1-2H3,(H,19,20). The predicted octanol–water partition coefficient (Wildman–Crippen LogP) is 1.94. The monoisotopic (exact) mass is 281 g/mol. The molecule has 0 aromatic carbocycles. The molecule has 1 amide bonds. The molecule has 0 radical (unpaired) electrons. The molecule has 0 aliphatic rings. The molecule has 0 saturated carbocycles. The highest BCUT2D eigenvalue weighted by Crippen LogP contribution is 2.19. The minimum absolute atomic E-state index is 0.000833. The third-order valence-electron chi connectivity index (χ3n) is 3.31. The Morgan fingerprint density at radius 3 is 2.65 bits per heavy atom. The topological polar surface area (TPSA) is 75.4 Å². The van der Waals surface area contributed by atoms with Crippen LogP contribution < -0.4 is 0 Å². The van der Waals surface area contributed by atoms with Gasteiger partial charge in [-0.3, -0.25) is 9.59 Å². The number of aliphatic carboxylic acids is 1. The van der Waals surface area contributed by atoms with Gasteiger partial charge in [0, 0.05) is 37.9 Å². The van der Waals surface area contributed by atoms with Gasteiger partial charge in [0.2, 0.25) is 5.91 Å². The molecule has 1 aromatic heterocycles. The van der Waals surface area contributed by atoms with Crippen LogP contribution in [0.25, 0.3) is 0 Å². The summed E-state index contributed by atoms with van der Waals surface area (Å²) in [7, 11) is 0. The molecule has 112 valence electrons. The number of hydrogen-bond acceptors (Lipinski definition) is 3. The summed E-state index contributed by atoms with van der Waals surface area (Å²) in [5.74, 6) is -0.878. The van der Waals surface area contributed by atoms with Gasteiger partial charge in [0.05, 0.1) is 12.7 Å². The number of aromatic nitrogens is 2. The number of imidazole rings is 1.